The van der Waals surface area contributed by atoms with E-state index < -0.39 is 17.5 Å². The Bertz CT molecular complexity index is 1020. The number of aryl methyl sites for hydroxylation is 1. The third kappa shape index (κ3) is 3.21. The second-order valence-electron chi connectivity index (χ2n) is 7.49. The van der Waals surface area contributed by atoms with Crippen LogP contribution < -0.4 is 15.5 Å². The number of hydrogen-bond acceptors (Lipinski definition) is 4. The second kappa shape index (κ2) is 7.08. The quantitative estimate of drug-likeness (QED) is 0.756. The number of fused-ring (bicyclic) bond motifs is 2. The van der Waals surface area contributed by atoms with E-state index in [-0.39, 0.29) is 12.5 Å². The molecule has 2 aromatic carbocycles. The standard InChI is InChI=1S/C21H21ClN4O3/c1-25(2)17-8-7-14(22)11-16(17)23-18(27)12-26-19(28)21(24-20(26)29)10-9-13-5-3-4-6-15(13)21/h3-8,11H,9-10,12H2,1-2H3,(H,23,27)(H,24,29). The maximum Gasteiger partial charge on any atom is 0.325 e. The van der Waals surface area contributed by atoms with Crippen molar-refractivity contribution >= 4 is 40.8 Å². The summed E-state index contributed by atoms with van der Waals surface area (Å²) in [6.45, 7) is -0.367. The molecule has 29 heavy (non-hydrogen) atoms. The molecule has 0 radical (unpaired) electrons. The summed E-state index contributed by atoms with van der Waals surface area (Å²) in [7, 11) is 3.69. The molecule has 2 aliphatic rings. The average Bonchev–Trinajstić information content (AvgIpc) is 3.15. The fraction of sp³-hybridized carbons (Fsp3) is 0.286. The first-order valence-corrected chi connectivity index (χ1v) is 9.69. The first-order valence-electron chi connectivity index (χ1n) is 9.31. The molecule has 2 N–H and O–H groups in total. The molecule has 1 spiro atoms. The minimum absolute atomic E-state index is 0.367. The van der Waals surface area contributed by atoms with Crippen LogP contribution in [0.5, 0.6) is 0 Å². The highest BCUT2D eigenvalue weighted by molar-refractivity contribution is 6.31. The van der Waals surface area contributed by atoms with E-state index in [9.17, 15) is 14.4 Å². The Morgan fingerprint density at radius 1 is 1.24 bits per heavy atom. The molecule has 4 amide bonds. The highest BCUT2D eigenvalue weighted by Gasteiger charge is 2.55. The minimum Gasteiger partial charge on any atom is -0.376 e. The maximum absolute atomic E-state index is 13.2. The first-order chi connectivity index (χ1) is 13.8. The summed E-state index contributed by atoms with van der Waals surface area (Å²) in [5, 5.41) is 6.06. The van der Waals surface area contributed by atoms with Gasteiger partial charge in [0.05, 0.1) is 11.4 Å². The van der Waals surface area contributed by atoms with Gasteiger partial charge in [-0.1, -0.05) is 35.9 Å². The molecule has 1 heterocycles. The fourth-order valence-electron chi connectivity index (χ4n) is 4.06. The second-order valence-corrected chi connectivity index (χ2v) is 7.92. The molecular formula is C21H21ClN4O3. The first kappa shape index (κ1) is 19.3. The van der Waals surface area contributed by atoms with Crippen molar-refractivity contribution in [1.82, 2.24) is 10.2 Å². The SMILES string of the molecule is CN(C)c1ccc(Cl)cc1NC(=O)CN1C(=O)NC2(CCc3ccccc32)C1=O. The Kier molecular flexibility index (Phi) is 4.70. The number of amides is 4. The van der Waals surface area contributed by atoms with Crippen LogP contribution in [-0.2, 0) is 21.5 Å². The van der Waals surface area contributed by atoms with Crippen LogP contribution in [0.4, 0.5) is 16.2 Å². The normalized spacial score (nSPS) is 20.0. The lowest BCUT2D eigenvalue weighted by Crippen LogP contribution is -2.43. The van der Waals surface area contributed by atoms with E-state index in [0.717, 1.165) is 21.7 Å². The van der Waals surface area contributed by atoms with Crippen molar-refractivity contribution in [3.8, 4) is 0 Å². The zero-order valence-electron chi connectivity index (χ0n) is 16.2. The van der Waals surface area contributed by atoms with E-state index in [1.165, 1.54) is 0 Å². The number of carbonyl (C=O) groups excluding carboxylic acids is 3. The van der Waals surface area contributed by atoms with Crippen LogP contribution in [0.3, 0.4) is 0 Å². The van der Waals surface area contributed by atoms with Crippen LogP contribution in [0, 0.1) is 0 Å². The lowest BCUT2D eigenvalue weighted by molar-refractivity contribution is -0.134. The molecule has 0 saturated carbocycles. The Hall–Kier alpha value is -3.06. The van der Waals surface area contributed by atoms with Crippen LogP contribution in [-0.4, -0.2) is 43.4 Å². The van der Waals surface area contributed by atoms with Crippen molar-refractivity contribution in [1.29, 1.82) is 0 Å². The molecule has 1 atom stereocenters. The van der Waals surface area contributed by atoms with Gasteiger partial charge in [-0.15, -0.1) is 0 Å². The van der Waals surface area contributed by atoms with Crippen LogP contribution >= 0.6 is 11.6 Å². The number of nitrogens with one attached hydrogen (secondary N) is 2. The van der Waals surface area contributed by atoms with E-state index >= 15 is 0 Å². The summed E-state index contributed by atoms with van der Waals surface area (Å²) < 4.78 is 0. The molecule has 2 aromatic rings. The highest BCUT2D eigenvalue weighted by Crippen LogP contribution is 2.41. The van der Waals surface area contributed by atoms with Crippen molar-refractivity contribution < 1.29 is 14.4 Å². The molecular weight excluding hydrogens is 392 g/mol. The molecule has 150 valence electrons. The van der Waals surface area contributed by atoms with E-state index in [0.29, 0.717) is 23.6 Å². The molecule has 1 fully saturated rings. The summed E-state index contributed by atoms with van der Waals surface area (Å²) in [6.07, 6.45) is 1.20. The molecule has 8 heteroatoms. The Morgan fingerprint density at radius 3 is 2.76 bits per heavy atom. The number of rotatable bonds is 4. The van der Waals surface area contributed by atoms with Crippen molar-refractivity contribution in [2.24, 2.45) is 0 Å². The van der Waals surface area contributed by atoms with Gasteiger partial charge in [0, 0.05) is 19.1 Å². The molecule has 1 aliphatic carbocycles. The smallest absolute Gasteiger partial charge is 0.325 e. The van der Waals surface area contributed by atoms with Gasteiger partial charge in [-0.2, -0.15) is 0 Å². The summed E-state index contributed by atoms with van der Waals surface area (Å²) in [6, 6.07) is 12.2. The molecule has 0 aromatic heterocycles. The van der Waals surface area contributed by atoms with Crippen molar-refractivity contribution in [3.05, 3.63) is 58.6 Å². The number of anilines is 2. The van der Waals surface area contributed by atoms with E-state index in [2.05, 4.69) is 10.6 Å². The zero-order valence-corrected chi connectivity index (χ0v) is 16.9. The maximum atomic E-state index is 13.2. The van der Waals surface area contributed by atoms with Crippen LogP contribution in [0.15, 0.2) is 42.5 Å². The predicted molar refractivity (Wildman–Crippen MR) is 111 cm³/mol. The van der Waals surface area contributed by atoms with E-state index in [1.54, 1.807) is 18.2 Å². The van der Waals surface area contributed by atoms with Crippen molar-refractivity contribution in [3.63, 3.8) is 0 Å². The number of benzene rings is 2. The fourth-order valence-corrected chi connectivity index (χ4v) is 4.24. The topological polar surface area (TPSA) is 81.8 Å². The Morgan fingerprint density at radius 2 is 2.00 bits per heavy atom. The van der Waals surface area contributed by atoms with Crippen molar-refractivity contribution in [2.75, 3.05) is 30.9 Å². The minimum atomic E-state index is -1.07. The number of nitrogens with zero attached hydrogens (tertiary/aromatic N) is 2. The molecule has 4 rings (SSSR count). The zero-order chi connectivity index (χ0) is 20.8. The highest BCUT2D eigenvalue weighted by atomic mass is 35.5. The summed E-state index contributed by atoms with van der Waals surface area (Å²) in [5.41, 5.74) is 2.06. The van der Waals surface area contributed by atoms with Gasteiger partial charge in [-0.25, -0.2) is 4.79 Å². The van der Waals surface area contributed by atoms with Gasteiger partial charge in [-0.3, -0.25) is 14.5 Å². The third-order valence-electron chi connectivity index (χ3n) is 5.44. The average molecular weight is 413 g/mol. The third-order valence-corrected chi connectivity index (χ3v) is 5.67. The molecule has 1 unspecified atom stereocenters. The monoisotopic (exact) mass is 412 g/mol. The number of halogens is 1. The van der Waals surface area contributed by atoms with Gasteiger partial charge in [0.25, 0.3) is 5.91 Å². The van der Waals surface area contributed by atoms with Crippen LogP contribution in [0.1, 0.15) is 17.5 Å². The lowest BCUT2D eigenvalue weighted by Gasteiger charge is -2.22. The lowest BCUT2D eigenvalue weighted by atomic mass is 9.92. The summed E-state index contributed by atoms with van der Waals surface area (Å²) in [5.74, 6) is -0.858. The van der Waals surface area contributed by atoms with Gasteiger partial charge in [0.2, 0.25) is 5.91 Å². The number of hydrogen-bond donors (Lipinski definition) is 2. The van der Waals surface area contributed by atoms with Crippen molar-refractivity contribution in [2.45, 2.75) is 18.4 Å². The Labute approximate surface area is 173 Å². The molecule has 7 nitrogen and oxygen atoms in total. The number of carbonyl (C=O) groups is 3. The van der Waals surface area contributed by atoms with Gasteiger partial charge in [0.1, 0.15) is 12.1 Å². The van der Waals surface area contributed by atoms with Gasteiger partial charge < -0.3 is 15.5 Å². The predicted octanol–water partition coefficient (Wildman–Crippen LogP) is 2.74. The largest absolute Gasteiger partial charge is 0.376 e. The number of imide groups is 1. The molecule has 1 saturated heterocycles. The number of urea groups is 1. The van der Waals surface area contributed by atoms with Crippen LogP contribution in [0.2, 0.25) is 5.02 Å². The summed E-state index contributed by atoms with van der Waals surface area (Å²) >= 11 is 6.05. The van der Waals surface area contributed by atoms with Gasteiger partial charge in [0.15, 0.2) is 0 Å². The molecule has 1 aliphatic heterocycles. The summed E-state index contributed by atoms with van der Waals surface area (Å²) in [4.78, 5) is 41.2. The van der Waals surface area contributed by atoms with Gasteiger partial charge >= 0.3 is 6.03 Å². The van der Waals surface area contributed by atoms with Crippen LogP contribution in [0.25, 0.3) is 0 Å². The Balaban J connectivity index is 1.54. The van der Waals surface area contributed by atoms with E-state index in [1.807, 2.05) is 43.3 Å². The van der Waals surface area contributed by atoms with Gasteiger partial charge in [-0.05, 0) is 42.2 Å². The van der Waals surface area contributed by atoms with E-state index in [4.69, 9.17) is 11.6 Å². The molecule has 0 bridgehead atoms.